The standard InChI is InChI=1S/C16H17N3/c1-3-19-15(11-13-8-6-12(2)7-9-13)18-14-5-4-10-17-16(14)19/h4-10H,3,11H2,1-2H3. The Kier molecular flexibility index (Phi) is 3.03. The maximum atomic E-state index is 4.70. The number of aryl methyl sites for hydroxylation is 2. The van der Waals surface area contributed by atoms with Crippen LogP contribution in [-0.2, 0) is 13.0 Å². The molecule has 0 aliphatic carbocycles. The molecule has 0 saturated carbocycles. The first-order valence-corrected chi connectivity index (χ1v) is 6.63. The minimum atomic E-state index is 0.852. The van der Waals surface area contributed by atoms with E-state index in [0.717, 1.165) is 30.0 Å². The highest BCUT2D eigenvalue weighted by Crippen LogP contribution is 2.16. The van der Waals surface area contributed by atoms with Gasteiger partial charge in [0.15, 0.2) is 5.65 Å². The van der Waals surface area contributed by atoms with Gasteiger partial charge >= 0.3 is 0 Å². The molecule has 0 amide bonds. The van der Waals surface area contributed by atoms with Crippen LogP contribution in [0.4, 0.5) is 0 Å². The number of pyridine rings is 1. The van der Waals surface area contributed by atoms with Crippen molar-refractivity contribution in [2.45, 2.75) is 26.8 Å². The van der Waals surface area contributed by atoms with Gasteiger partial charge in [0, 0.05) is 19.2 Å². The molecule has 0 atom stereocenters. The van der Waals surface area contributed by atoms with Crippen LogP contribution < -0.4 is 0 Å². The summed E-state index contributed by atoms with van der Waals surface area (Å²) >= 11 is 0. The molecule has 2 heterocycles. The van der Waals surface area contributed by atoms with Crippen LogP contribution in [-0.4, -0.2) is 14.5 Å². The first kappa shape index (κ1) is 11.9. The average molecular weight is 251 g/mol. The van der Waals surface area contributed by atoms with Gasteiger partial charge in [0.2, 0.25) is 0 Å². The quantitative estimate of drug-likeness (QED) is 0.714. The molecular formula is C16H17N3. The minimum absolute atomic E-state index is 0.852. The van der Waals surface area contributed by atoms with E-state index in [1.165, 1.54) is 11.1 Å². The minimum Gasteiger partial charge on any atom is -0.313 e. The number of hydrogen-bond donors (Lipinski definition) is 0. The van der Waals surface area contributed by atoms with Crippen LogP contribution in [0.3, 0.4) is 0 Å². The van der Waals surface area contributed by atoms with E-state index >= 15 is 0 Å². The van der Waals surface area contributed by atoms with Gasteiger partial charge < -0.3 is 4.57 Å². The first-order chi connectivity index (χ1) is 9.28. The maximum absolute atomic E-state index is 4.70. The highest BCUT2D eigenvalue weighted by Gasteiger charge is 2.10. The number of nitrogens with zero attached hydrogens (tertiary/aromatic N) is 3. The molecule has 3 rings (SSSR count). The summed E-state index contributed by atoms with van der Waals surface area (Å²) in [6, 6.07) is 12.6. The molecule has 3 nitrogen and oxygen atoms in total. The summed E-state index contributed by atoms with van der Waals surface area (Å²) in [7, 11) is 0. The van der Waals surface area contributed by atoms with Crippen molar-refractivity contribution in [2.75, 3.05) is 0 Å². The SMILES string of the molecule is CCn1c(Cc2ccc(C)cc2)nc2cccnc21. The number of aromatic nitrogens is 3. The molecule has 0 aliphatic heterocycles. The van der Waals surface area contributed by atoms with Crippen LogP contribution >= 0.6 is 0 Å². The van der Waals surface area contributed by atoms with Crippen LogP contribution in [0, 0.1) is 6.92 Å². The Hall–Kier alpha value is -2.16. The zero-order chi connectivity index (χ0) is 13.2. The van der Waals surface area contributed by atoms with Gasteiger partial charge in [-0.3, -0.25) is 0 Å². The summed E-state index contributed by atoms with van der Waals surface area (Å²) in [5, 5.41) is 0. The van der Waals surface area contributed by atoms with Crippen LogP contribution in [0.2, 0.25) is 0 Å². The topological polar surface area (TPSA) is 30.7 Å². The van der Waals surface area contributed by atoms with E-state index in [-0.39, 0.29) is 0 Å². The first-order valence-electron chi connectivity index (χ1n) is 6.63. The smallest absolute Gasteiger partial charge is 0.159 e. The lowest BCUT2D eigenvalue weighted by molar-refractivity contribution is 0.727. The fourth-order valence-electron chi connectivity index (χ4n) is 2.36. The van der Waals surface area contributed by atoms with Crippen molar-refractivity contribution < 1.29 is 0 Å². The lowest BCUT2D eigenvalue weighted by atomic mass is 10.1. The molecule has 0 radical (unpaired) electrons. The molecule has 0 saturated heterocycles. The van der Waals surface area contributed by atoms with Gasteiger partial charge in [-0.2, -0.15) is 0 Å². The van der Waals surface area contributed by atoms with Crippen molar-refractivity contribution >= 4 is 11.2 Å². The van der Waals surface area contributed by atoms with Crippen molar-refractivity contribution in [1.82, 2.24) is 14.5 Å². The molecule has 0 unspecified atom stereocenters. The Bertz CT molecular complexity index is 696. The molecule has 96 valence electrons. The third-order valence-electron chi connectivity index (χ3n) is 3.38. The van der Waals surface area contributed by atoms with Crippen molar-refractivity contribution in [3.8, 4) is 0 Å². The number of imidazole rings is 1. The van der Waals surface area contributed by atoms with Gasteiger partial charge in [-0.1, -0.05) is 29.8 Å². The van der Waals surface area contributed by atoms with Crippen LogP contribution in [0.5, 0.6) is 0 Å². The molecule has 0 spiro atoms. The van der Waals surface area contributed by atoms with Crippen molar-refractivity contribution in [3.05, 3.63) is 59.5 Å². The molecule has 0 fully saturated rings. The molecule has 0 N–H and O–H groups in total. The van der Waals surface area contributed by atoms with Gasteiger partial charge in [-0.25, -0.2) is 9.97 Å². The summed E-state index contributed by atoms with van der Waals surface area (Å²) in [5.41, 5.74) is 4.53. The molecule has 2 aromatic heterocycles. The Labute approximate surface area is 112 Å². The molecule has 1 aromatic carbocycles. The lowest BCUT2D eigenvalue weighted by Crippen LogP contribution is -2.03. The van der Waals surface area contributed by atoms with Gasteiger partial charge in [0.25, 0.3) is 0 Å². The summed E-state index contributed by atoms with van der Waals surface area (Å²) < 4.78 is 2.19. The average Bonchev–Trinajstić information content (AvgIpc) is 2.78. The van der Waals surface area contributed by atoms with Gasteiger partial charge in [0.1, 0.15) is 11.3 Å². The van der Waals surface area contributed by atoms with Crippen molar-refractivity contribution in [2.24, 2.45) is 0 Å². The summed E-state index contributed by atoms with van der Waals surface area (Å²) in [6.45, 7) is 5.14. The number of fused-ring (bicyclic) bond motifs is 1. The predicted octanol–water partition coefficient (Wildman–Crippen LogP) is 3.35. The highest BCUT2D eigenvalue weighted by atomic mass is 15.1. The van der Waals surface area contributed by atoms with Crippen molar-refractivity contribution in [1.29, 1.82) is 0 Å². The highest BCUT2D eigenvalue weighted by molar-refractivity contribution is 5.71. The monoisotopic (exact) mass is 251 g/mol. The molecule has 19 heavy (non-hydrogen) atoms. The summed E-state index contributed by atoms with van der Waals surface area (Å²) in [4.78, 5) is 9.13. The number of benzene rings is 1. The third kappa shape index (κ3) is 2.24. The predicted molar refractivity (Wildman–Crippen MR) is 77.2 cm³/mol. The summed E-state index contributed by atoms with van der Waals surface area (Å²) in [6.07, 6.45) is 2.68. The van der Waals surface area contributed by atoms with Crippen LogP contribution in [0.15, 0.2) is 42.6 Å². The zero-order valence-corrected chi connectivity index (χ0v) is 11.3. The van der Waals surface area contributed by atoms with E-state index in [0.29, 0.717) is 0 Å². The molecule has 0 bridgehead atoms. The van der Waals surface area contributed by atoms with E-state index in [1.807, 2.05) is 18.3 Å². The number of hydrogen-bond acceptors (Lipinski definition) is 2. The molecule has 0 aliphatic rings. The second-order valence-corrected chi connectivity index (χ2v) is 4.78. The Morgan fingerprint density at radius 1 is 1.11 bits per heavy atom. The van der Waals surface area contributed by atoms with Gasteiger partial charge in [-0.05, 0) is 31.5 Å². The Balaban J connectivity index is 2.02. The normalized spacial score (nSPS) is 11.1. The van der Waals surface area contributed by atoms with Gasteiger partial charge in [0.05, 0.1) is 0 Å². The van der Waals surface area contributed by atoms with Crippen LogP contribution in [0.25, 0.3) is 11.2 Å². The van der Waals surface area contributed by atoms with Gasteiger partial charge in [-0.15, -0.1) is 0 Å². The molecule has 3 heteroatoms. The van der Waals surface area contributed by atoms with E-state index in [2.05, 4.69) is 47.7 Å². The third-order valence-corrected chi connectivity index (χ3v) is 3.38. The van der Waals surface area contributed by atoms with E-state index < -0.39 is 0 Å². The van der Waals surface area contributed by atoms with E-state index in [4.69, 9.17) is 4.98 Å². The Morgan fingerprint density at radius 2 is 1.89 bits per heavy atom. The fourth-order valence-corrected chi connectivity index (χ4v) is 2.36. The number of rotatable bonds is 3. The van der Waals surface area contributed by atoms with E-state index in [1.54, 1.807) is 0 Å². The maximum Gasteiger partial charge on any atom is 0.159 e. The Morgan fingerprint density at radius 3 is 2.63 bits per heavy atom. The molecular weight excluding hydrogens is 234 g/mol. The zero-order valence-electron chi connectivity index (χ0n) is 11.3. The fraction of sp³-hybridized carbons (Fsp3) is 0.250. The lowest BCUT2D eigenvalue weighted by Gasteiger charge is -2.05. The summed E-state index contributed by atoms with van der Waals surface area (Å²) in [5.74, 6) is 1.08. The van der Waals surface area contributed by atoms with Crippen LogP contribution in [0.1, 0.15) is 23.9 Å². The second kappa shape index (κ2) is 4.84. The molecule has 3 aromatic rings. The van der Waals surface area contributed by atoms with E-state index in [9.17, 15) is 0 Å². The van der Waals surface area contributed by atoms with Crippen molar-refractivity contribution in [3.63, 3.8) is 0 Å². The second-order valence-electron chi connectivity index (χ2n) is 4.78. The largest absolute Gasteiger partial charge is 0.313 e.